The minimum Gasteiger partial charge on any atom is -0.497 e. The van der Waals surface area contributed by atoms with E-state index in [2.05, 4.69) is 52.9 Å². The second-order valence-corrected chi connectivity index (χ2v) is 15.2. The van der Waals surface area contributed by atoms with Crippen LogP contribution in [-0.4, -0.2) is 40.7 Å². The zero-order chi connectivity index (χ0) is 26.6. The molecule has 0 aliphatic carbocycles. The highest BCUT2D eigenvalue weighted by Crippen LogP contribution is 2.38. The lowest BCUT2D eigenvalue weighted by atomic mass is 10.0. The van der Waals surface area contributed by atoms with Crippen molar-refractivity contribution in [2.45, 2.75) is 79.3 Å². The average Bonchev–Trinajstić information content (AvgIpc) is 2.77. The van der Waals surface area contributed by atoms with Crippen molar-refractivity contribution in [1.82, 2.24) is 0 Å². The van der Waals surface area contributed by atoms with Gasteiger partial charge in [-0.05, 0) is 62.7 Å². The Morgan fingerprint density at radius 3 is 2.29 bits per heavy atom. The van der Waals surface area contributed by atoms with E-state index in [4.69, 9.17) is 18.6 Å². The van der Waals surface area contributed by atoms with E-state index in [0.29, 0.717) is 25.4 Å². The van der Waals surface area contributed by atoms with Gasteiger partial charge in [0.2, 0.25) is 0 Å². The van der Waals surface area contributed by atoms with Gasteiger partial charge in [0.1, 0.15) is 5.75 Å². The zero-order valence-corrected chi connectivity index (χ0v) is 24.4. The Bertz CT molecular complexity index is 875. The normalized spacial score (nSPS) is 15.3. The lowest BCUT2D eigenvalue weighted by Crippen LogP contribution is -2.44. The van der Waals surface area contributed by atoms with Gasteiger partial charge >= 0.3 is 5.97 Å². The molecule has 6 heteroatoms. The van der Waals surface area contributed by atoms with E-state index in [9.17, 15) is 4.79 Å². The minimum atomic E-state index is -2.00. The maximum Gasteiger partial charge on any atom is 0.333 e. The van der Waals surface area contributed by atoms with Crippen LogP contribution in [0.5, 0.6) is 5.75 Å². The fourth-order valence-electron chi connectivity index (χ4n) is 3.20. The first-order valence-corrected chi connectivity index (χ1v) is 15.3. The summed E-state index contributed by atoms with van der Waals surface area (Å²) in [6.45, 7) is 20.4. The number of ether oxygens (including phenoxy) is 3. The number of rotatable bonds is 13. The fraction of sp³-hybridized carbons (Fsp3) is 0.552. The molecular formula is C29H46O5Si. The summed E-state index contributed by atoms with van der Waals surface area (Å²) in [4.78, 5) is 12.0. The fourth-order valence-corrected chi connectivity index (χ4v) is 4.53. The molecule has 0 spiro atoms. The van der Waals surface area contributed by atoms with Gasteiger partial charge in [-0.15, -0.1) is 0 Å². The van der Waals surface area contributed by atoms with Crippen molar-refractivity contribution in [3.63, 3.8) is 0 Å². The molecule has 0 bridgehead atoms. The summed E-state index contributed by atoms with van der Waals surface area (Å²) in [5.41, 5.74) is 2.71. The quantitative estimate of drug-likeness (QED) is 0.0710. The van der Waals surface area contributed by atoms with Gasteiger partial charge in [0.25, 0.3) is 0 Å². The predicted molar refractivity (Wildman–Crippen MR) is 147 cm³/mol. The molecular weight excluding hydrogens is 456 g/mol. The third-order valence-electron chi connectivity index (χ3n) is 6.29. The standard InChI is InChI=1S/C29H46O5Si/c1-11-33-28(30)24(4)20-22(2)19-23(3)27(34-35(9,10)29(5,6)7)13-12-18-32-21-25-14-16-26(31-8)17-15-25/h12-17,19-20,23,27H,11,18,21H2,1-10H3/b13-12+,22-19+,24-20+/t23-,27-/m1/s1. The predicted octanol–water partition coefficient (Wildman–Crippen LogP) is 7.25. The maximum atomic E-state index is 12.0. The summed E-state index contributed by atoms with van der Waals surface area (Å²) in [5, 5.41) is 0.100. The maximum absolute atomic E-state index is 12.0. The Morgan fingerprint density at radius 1 is 1.11 bits per heavy atom. The lowest BCUT2D eigenvalue weighted by molar-refractivity contribution is -0.138. The summed E-state index contributed by atoms with van der Waals surface area (Å²) < 4.78 is 22.9. The Hall–Kier alpha value is -2.15. The van der Waals surface area contributed by atoms with Gasteiger partial charge in [0, 0.05) is 11.5 Å². The second kappa shape index (κ2) is 14.4. The Labute approximate surface area is 214 Å². The molecule has 1 aromatic carbocycles. The van der Waals surface area contributed by atoms with Crippen LogP contribution in [0.15, 0.2) is 59.7 Å². The summed E-state index contributed by atoms with van der Waals surface area (Å²) in [5.74, 6) is 0.674. The van der Waals surface area contributed by atoms with E-state index in [1.54, 1.807) is 14.0 Å². The SMILES string of the molecule is CCOC(=O)/C(C)=C/C(C)=C/[C@@H](C)[C@@H](/C=C/COCc1ccc(OC)cc1)O[Si](C)(C)C(C)(C)C. The van der Waals surface area contributed by atoms with Crippen molar-refractivity contribution in [1.29, 1.82) is 0 Å². The van der Waals surface area contributed by atoms with Crippen LogP contribution in [-0.2, 0) is 25.3 Å². The van der Waals surface area contributed by atoms with Gasteiger partial charge in [-0.1, -0.05) is 63.6 Å². The van der Waals surface area contributed by atoms with Gasteiger partial charge < -0.3 is 18.6 Å². The van der Waals surface area contributed by atoms with Gasteiger partial charge in [-0.25, -0.2) is 4.79 Å². The Morgan fingerprint density at radius 2 is 1.74 bits per heavy atom. The number of hydrogen-bond acceptors (Lipinski definition) is 5. The van der Waals surface area contributed by atoms with Crippen LogP contribution in [0, 0.1) is 5.92 Å². The lowest BCUT2D eigenvalue weighted by Gasteiger charge is -2.39. The summed E-state index contributed by atoms with van der Waals surface area (Å²) in [6.07, 6.45) is 8.10. The monoisotopic (exact) mass is 502 g/mol. The number of esters is 1. The number of carbonyl (C=O) groups is 1. The minimum absolute atomic E-state index is 0.0910. The van der Waals surface area contributed by atoms with E-state index in [1.807, 2.05) is 50.3 Å². The van der Waals surface area contributed by atoms with E-state index in [1.165, 1.54) is 0 Å². The van der Waals surface area contributed by atoms with E-state index in [0.717, 1.165) is 16.9 Å². The van der Waals surface area contributed by atoms with Crippen LogP contribution in [0.25, 0.3) is 0 Å². The van der Waals surface area contributed by atoms with Crippen LogP contribution in [0.3, 0.4) is 0 Å². The molecule has 2 atom stereocenters. The Kier molecular flexibility index (Phi) is 12.7. The molecule has 0 aliphatic heterocycles. The highest BCUT2D eigenvalue weighted by molar-refractivity contribution is 6.74. The molecule has 0 amide bonds. The van der Waals surface area contributed by atoms with Crippen molar-refractivity contribution in [2.75, 3.05) is 20.3 Å². The third-order valence-corrected chi connectivity index (χ3v) is 10.8. The molecule has 1 rings (SSSR count). The number of benzene rings is 1. The first-order valence-electron chi connectivity index (χ1n) is 12.4. The number of allylic oxidation sites excluding steroid dienone is 2. The molecule has 0 saturated heterocycles. The van der Waals surface area contributed by atoms with Crippen molar-refractivity contribution in [3.8, 4) is 5.75 Å². The van der Waals surface area contributed by atoms with Gasteiger partial charge in [0.05, 0.1) is 33.0 Å². The summed E-state index contributed by atoms with van der Waals surface area (Å²) in [7, 11) is -0.335. The van der Waals surface area contributed by atoms with Crippen LogP contribution >= 0.6 is 0 Å². The number of carbonyl (C=O) groups excluding carboxylic acids is 1. The molecule has 0 radical (unpaired) electrons. The molecule has 196 valence electrons. The molecule has 0 heterocycles. The van der Waals surface area contributed by atoms with Gasteiger partial charge in [0.15, 0.2) is 8.32 Å². The van der Waals surface area contributed by atoms with Crippen LogP contribution in [0.2, 0.25) is 18.1 Å². The average molecular weight is 503 g/mol. The van der Waals surface area contributed by atoms with Crippen molar-refractivity contribution in [3.05, 3.63) is 65.3 Å². The van der Waals surface area contributed by atoms with E-state index in [-0.39, 0.29) is 23.0 Å². The van der Waals surface area contributed by atoms with Crippen molar-refractivity contribution < 1.29 is 23.4 Å². The van der Waals surface area contributed by atoms with Crippen molar-refractivity contribution in [2.24, 2.45) is 5.92 Å². The van der Waals surface area contributed by atoms with E-state index >= 15 is 0 Å². The summed E-state index contributed by atoms with van der Waals surface area (Å²) in [6, 6.07) is 7.89. The molecule has 0 aliphatic rings. The van der Waals surface area contributed by atoms with Gasteiger partial charge in [-0.3, -0.25) is 0 Å². The summed E-state index contributed by atoms with van der Waals surface area (Å²) >= 11 is 0. The number of methoxy groups -OCH3 is 1. The molecule has 5 nitrogen and oxygen atoms in total. The smallest absolute Gasteiger partial charge is 0.333 e. The largest absolute Gasteiger partial charge is 0.497 e. The zero-order valence-electron chi connectivity index (χ0n) is 23.4. The first-order chi connectivity index (χ1) is 16.3. The topological polar surface area (TPSA) is 54.0 Å². The molecule has 0 fully saturated rings. The van der Waals surface area contributed by atoms with Crippen LogP contribution < -0.4 is 4.74 Å². The highest BCUT2D eigenvalue weighted by Gasteiger charge is 2.39. The van der Waals surface area contributed by atoms with Crippen molar-refractivity contribution >= 4 is 14.3 Å². The second-order valence-electron chi connectivity index (χ2n) is 10.5. The first kappa shape index (κ1) is 30.9. The molecule has 0 unspecified atom stereocenters. The number of hydrogen-bond donors (Lipinski definition) is 0. The van der Waals surface area contributed by atoms with Crippen LogP contribution in [0.1, 0.15) is 54.0 Å². The molecule has 35 heavy (non-hydrogen) atoms. The molecule has 0 aromatic heterocycles. The highest BCUT2D eigenvalue weighted by atomic mass is 28.4. The molecule has 1 aromatic rings. The van der Waals surface area contributed by atoms with E-state index < -0.39 is 8.32 Å². The third kappa shape index (κ3) is 11.0. The Balaban J connectivity index is 2.92. The molecule has 0 saturated carbocycles. The van der Waals surface area contributed by atoms with Gasteiger partial charge in [-0.2, -0.15) is 0 Å². The van der Waals surface area contributed by atoms with Crippen LogP contribution in [0.4, 0.5) is 0 Å². The molecule has 0 N–H and O–H groups in total.